The number of aliphatic hydroxyl groups excluding tert-OH is 1. The maximum Gasteiger partial charge on any atom is 0.233 e. The Morgan fingerprint density at radius 2 is 2.26 bits per heavy atom. The number of benzene rings is 1. The van der Waals surface area contributed by atoms with Crippen molar-refractivity contribution in [3.8, 4) is 0 Å². The lowest BCUT2D eigenvalue weighted by molar-refractivity contribution is -0.129. The summed E-state index contributed by atoms with van der Waals surface area (Å²) in [4.78, 5) is 14.7. The van der Waals surface area contributed by atoms with Crippen LogP contribution in [0.25, 0.3) is 0 Å². The largest absolute Gasteiger partial charge is 0.394 e. The SMILES string of the molecule is O=C(CSc1cc(Cl)ccc1Cl)N1CCCC1CO. The highest BCUT2D eigenvalue weighted by Gasteiger charge is 2.27. The van der Waals surface area contributed by atoms with E-state index >= 15 is 0 Å². The van der Waals surface area contributed by atoms with Gasteiger partial charge in [-0.3, -0.25) is 4.79 Å². The quantitative estimate of drug-likeness (QED) is 0.867. The van der Waals surface area contributed by atoms with Gasteiger partial charge in [-0.25, -0.2) is 0 Å². The van der Waals surface area contributed by atoms with Gasteiger partial charge in [-0.1, -0.05) is 23.2 Å². The van der Waals surface area contributed by atoms with Crippen molar-refractivity contribution in [1.29, 1.82) is 0 Å². The van der Waals surface area contributed by atoms with Crippen molar-refractivity contribution in [2.45, 2.75) is 23.8 Å². The molecule has 6 heteroatoms. The number of aliphatic hydroxyl groups is 1. The third kappa shape index (κ3) is 3.78. The second-order valence-electron chi connectivity index (χ2n) is 4.43. The first kappa shape index (κ1) is 15.0. The monoisotopic (exact) mass is 319 g/mol. The first-order valence-corrected chi connectivity index (χ1v) is 7.84. The second-order valence-corrected chi connectivity index (χ2v) is 6.29. The van der Waals surface area contributed by atoms with E-state index in [4.69, 9.17) is 23.2 Å². The van der Waals surface area contributed by atoms with Crippen molar-refractivity contribution in [2.24, 2.45) is 0 Å². The van der Waals surface area contributed by atoms with E-state index in [1.54, 1.807) is 23.1 Å². The van der Waals surface area contributed by atoms with E-state index in [0.29, 0.717) is 15.8 Å². The molecule has 1 aliphatic rings. The van der Waals surface area contributed by atoms with Crippen LogP contribution in [0.5, 0.6) is 0 Å². The van der Waals surface area contributed by atoms with E-state index in [2.05, 4.69) is 0 Å². The summed E-state index contributed by atoms with van der Waals surface area (Å²) in [6.07, 6.45) is 1.84. The van der Waals surface area contributed by atoms with Crippen LogP contribution in [0.15, 0.2) is 23.1 Å². The summed E-state index contributed by atoms with van der Waals surface area (Å²) in [7, 11) is 0. The molecule has 1 aromatic rings. The molecule has 1 amide bonds. The van der Waals surface area contributed by atoms with Crippen LogP contribution in [-0.4, -0.2) is 40.9 Å². The summed E-state index contributed by atoms with van der Waals surface area (Å²) < 4.78 is 0. The average Bonchev–Trinajstić information content (AvgIpc) is 2.88. The smallest absolute Gasteiger partial charge is 0.233 e. The molecule has 1 saturated heterocycles. The van der Waals surface area contributed by atoms with Gasteiger partial charge in [0, 0.05) is 16.5 Å². The van der Waals surface area contributed by atoms with Gasteiger partial charge >= 0.3 is 0 Å². The number of carbonyl (C=O) groups is 1. The maximum absolute atomic E-state index is 12.1. The molecule has 2 rings (SSSR count). The third-order valence-corrected chi connectivity index (χ3v) is 4.87. The Bertz CT molecular complexity index is 470. The van der Waals surface area contributed by atoms with Crippen LogP contribution in [0, 0.1) is 0 Å². The molecule has 3 nitrogen and oxygen atoms in total. The normalized spacial score (nSPS) is 18.9. The molecular formula is C13H15Cl2NO2S. The molecule has 1 unspecified atom stereocenters. The van der Waals surface area contributed by atoms with Crippen LogP contribution in [0.2, 0.25) is 10.0 Å². The minimum absolute atomic E-state index is 0.0251. The number of thioether (sulfide) groups is 1. The van der Waals surface area contributed by atoms with Crippen molar-refractivity contribution in [3.05, 3.63) is 28.2 Å². The maximum atomic E-state index is 12.1. The molecule has 1 atom stereocenters. The Hall–Kier alpha value is -0.420. The molecule has 0 bridgehead atoms. The fourth-order valence-corrected chi connectivity index (χ4v) is 3.54. The molecule has 1 heterocycles. The van der Waals surface area contributed by atoms with Crippen molar-refractivity contribution in [2.75, 3.05) is 18.9 Å². The van der Waals surface area contributed by atoms with E-state index in [9.17, 15) is 9.90 Å². The Balaban J connectivity index is 1.95. The molecule has 1 N–H and O–H groups in total. The summed E-state index contributed by atoms with van der Waals surface area (Å²) in [5.74, 6) is 0.355. The first-order valence-electron chi connectivity index (χ1n) is 6.10. The van der Waals surface area contributed by atoms with E-state index in [1.807, 2.05) is 0 Å². The first-order chi connectivity index (χ1) is 9.11. The minimum Gasteiger partial charge on any atom is -0.394 e. The van der Waals surface area contributed by atoms with Crippen molar-refractivity contribution in [1.82, 2.24) is 4.90 Å². The van der Waals surface area contributed by atoms with Gasteiger partial charge < -0.3 is 10.0 Å². The molecule has 0 radical (unpaired) electrons. The summed E-state index contributed by atoms with van der Waals surface area (Å²) in [5, 5.41) is 10.4. The predicted octanol–water partition coefficient (Wildman–Crippen LogP) is 3.07. The molecule has 0 spiro atoms. The lowest BCUT2D eigenvalue weighted by atomic mass is 10.2. The summed E-state index contributed by atoms with van der Waals surface area (Å²) in [5.41, 5.74) is 0. The van der Waals surface area contributed by atoms with Gasteiger partial charge in [-0.15, -0.1) is 11.8 Å². The summed E-state index contributed by atoms with van der Waals surface area (Å²) in [6.45, 7) is 0.766. The Kier molecular flexibility index (Phi) is 5.39. The molecule has 104 valence electrons. The molecule has 0 aliphatic carbocycles. The number of nitrogens with zero attached hydrogens (tertiary/aromatic N) is 1. The molecule has 1 aliphatic heterocycles. The van der Waals surface area contributed by atoms with Gasteiger partial charge in [0.05, 0.1) is 23.4 Å². The molecular weight excluding hydrogens is 305 g/mol. The Morgan fingerprint density at radius 3 is 3.00 bits per heavy atom. The standard InChI is InChI=1S/C13H15Cl2NO2S/c14-9-3-4-11(15)12(6-9)19-8-13(18)16-5-1-2-10(16)7-17/h3-4,6,10,17H,1-2,5,7-8H2. The fourth-order valence-electron chi connectivity index (χ4n) is 2.16. The van der Waals surface area contributed by atoms with Gasteiger partial charge in [0.15, 0.2) is 0 Å². The van der Waals surface area contributed by atoms with Gasteiger partial charge in [0.2, 0.25) is 5.91 Å². The molecule has 19 heavy (non-hydrogen) atoms. The van der Waals surface area contributed by atoms with E-state index in [0.717, 1.165) is 24.3 Å². The topological polar surface area (TPSA) is 40.5 Å². The number of hydrogen-bond donors (Lipinski definition) is 1. The van der Waals surface area contributed by atoms with Crippen molar-refractivity contribution < 1.29 is 9.90 Å². The highest BCUT2D eigenvalue weighted by molar-refractivity contribution is 8.00. The lowest BCUT2D eigenvalue weighted by Crippen LogP contribution is -2.38. The van der Waals surface area contributed by atoms with E-state index < -0.39 is 0 Å². The van der Waals surface area contributed by atoms with Gasteiger partial charge in [-0.05, 0) is 31.0 Å². The van der Waals surface area contributed by atoms with Crippen LogP contribution < -0.4 is 0 Å². The highest BCUT2D eigenvalue weighted by atomic mass is 35.5. The number of rotatable bonds is 4. The van der Waals surface area contributed by atoms with Crippen molar-refractivity contribution in [3.63, 3.8) is 0 Å². The van der Waals surface area contributed by atoms with Crippen LogP contribution >= 0.6 is 35.0 Å². The number of likely N-dealkylation sites (tertiary alicyclic amines) is 1. The Morgan fingerprint density at radius 1 is 1.47 bits per heavy atom. The molecule has 1 aromatic carbocycles. The highest BCUT2D eigenvalue weighted by Crippen LogP contribution is 2.30. The fraction of sp³-hybridized carbons (Fsp3) is 0.462. The third-order valence-electron chi connectivity index (χ3n) is 3.15. The number of hydrogen-bond acceptors (Lipinski definition) is 3. The lowest BCUT2D eigenvalue weighted by Gasteiger charge is -2.22. The number of carbonyl (C=O) groups excluding carboxylic acids is 1. The zero-order chi connectivity index (χ0) is 13.8. The Labute approximate surface area is 126 Å². The van der Waals surface area contributed by atoms with Crippen LogP contribution in [0.1, 0.15) is 12.8 Å². The minimum atomic E-state index is -0.0251. The molecule has 1 fully saturated rings. The molecule has 0 aromatic heterocycles. The van der Waals surface area contributed by atoms with Gasteiger partial charge in [0.1, 0.15) is 0 Å². The number of halogens is 2. The second kappa shape index (κ2) is 6.84. The van der Waals surface area contributed by atoms with E-state index in [1.165, 1.54) is 11.8 Å². The van der Waals surface area contributed by atoms with Crippen LogP contribution in [0.4, 0.5) is 0 Å². The van der Waals surface area contributed by atoms with Gasteiger partial charge in [-0.2, -0.15) is 0 Å². The average molecular weight is 320 g/mol. The van der Waals surface area contributed by atoms with Crippen molar-refractivity contribution >= 4 is 40.9 Å². The van der Waals surface area contributed by atoms with E-state index in [-0.39, 0.29) is 18.6 Å². The number of amides is 1. The van der Waals surface area contributed by atoms with Crippen LogP contribution in [0.3, 0.4) is 0 Å². The zero-order valence-corrected chi connectivity index (χ0v) is 12.6. The van der Waals surface area contributed by atoms with Gasteiger partial charge in [0.25, 0.3) is 0 Å². The summed E-state index contributed by atoms with van der Waals surface area (Å²) >= 11 is 13.3. The predicted molar refractivity (Wildman–Crippen MR) is 79.0 cm³/mol. The zero-order valence-electron chi connectivity index (χ0n) is 10.3. The van der Waals surface area contributed by atoms with Crippen LogP contribution in [-0.2, 0) is 4.79 Å². The molecule has 0 saturated carbocycles. The summed E-state index contributed by atoms with van der Waals surface area (Å²) in [6, 6.07) is 5.18.